The lowest BCUT2D eigenvalue weighted by molar-refractivity contribution is -0.274. The number of aromatic carboxylic acids is 1. The van der Waals surface area contributed by atoms with Crippen LogP contribution in [0, 0.1) is 0 Å². The maximum atomic E-state index is 12.2. The first-order valence-corrected chi connectivity index (χ1v) is 6.94. The van der Waals surface area contributed by atoms with Crippen molar-refractivity contribution in [2.75, 3.05) is 0 Å². The van der Waals surface area contributed by atoms with Gasteiger partial charge in [0, 0.05) is 5.56 Å². The maximum Gasteiger partial charge on any atom is 0.573 e. The Labute approximate surface area is 138 Å². The van der Waals surface area contributed by atoms with Gasteiger partial charge in [0.15, 0.2) is 5.82 Å². The van der Waals surface area contributed by atoms with Crippen molar-refractivity contribution in [3.05, 3.63) is 54.4 Å². The predicted molar refractivity (Wildman–Crippen MR) is 80.9 cm³/mol. The molecule has 9 heteroatoms. The quantitative estimate of drug-likeness (QED) is 0.749. The molecule has 25 heavy (non-hydrogen) atoms. The molecule has 1 heterocycles. The van der Waals surface area contributed by atoms with E-state index in [0.29, 0.717) is 16.7 Å². The number of nitrogens with one attached hydrogen (secondary N) is 1. The third-order valence-electron chi connectivity index (χ3n) is 3.23. The van der Waals surface area contributed by atoms with Gasteiger partial charge in [0.25, 0.3) is 0 Å². The minimum atomic E-state index is -4.74. The molecule has 0 saturated heterocycles. The first-order chi connectivity index (χ1) is 11.8. The van der Waals surface area contributed by atoms with E-state index in [0.717, 1.165) is 0 Å². The van der Waals surface area contributed by atoms with Crippen molar-refractivity contribution in [3.63, 3.8) is 0 Å². The van der Waals surface area contributed by atoms with E-state index in [1.807, 2.05) is 0 Å². The summed E-state index contributed by atoms with van der Waals surface area (Å²) in [6.45, 7) is 0. The molecule has 0 aliphatic rings. The normalized spacial score (nSPS) is 11.3. The molecule has 2 N–H and O–H groups in total. The van der Waals surface area contributed by atoms with Gasteiger partial charge < -0.3 is 9.84 Å². The fraction of sp³-hybridized carbons (Fsp3) is 0.0625. The number of aromatic amines is 1. The van der Waals surface area contributed by atoms with E-state index in [9.17, 15) is 18.0 Å². The summed E-state index contributed by atoms with van der Waals surface area (Å²) < 4.78 is 40.4. The molecule has 1 aromatic heterocycles. The van der Waals surface area contributed by atoms with Crippen LogP contribution in [0.2, 0.25) is 0 Å². The van der Waals surface area contributed by atoms with Crippen molar-refractivity contribution >= 4 is 5.97 Å². The van der Waals surface area contributed by atoms with Crippen molar-refractivity contribution in [1.82, 2.24) is 15.2 Å². The van der Waals surface area contributed by atoms with Crippen LogP contribution in [-0.2, 0) is 0 Å². The molecule has 0 saturated carbocycles. The molecule has 0 aliphatic carbocycles. The number of nitrogens with zero attached hydrogens (tertiary/aromatic N) is 2. The third kappa shape index (κ3) is 3.94. The summed E-state index contributed by atoms with van der Waals surface area (Å²) in [5, 5.41) is 15.0. The second-order valence-corrected chi connectivity index (χ2v) is 4.97. The number of carboxylic acids is 1. The Morgan fingerprint density at radius 3 is 2.32 bits per heavy atom. The summed E-state index contributed by atoms with van der Waals surface area (Å²) in [5.74, 6) is -1.62. The van der Waals surface area contributed by atoms with Gasteiger partial charge in [-0.3, -0.25) is 5.10 Å². The summed E-state index contributed by atoms with van der Waals surface area (Å²) in [7, 11) is 0. The van der Waals surface area contributed by atoms with Crippen LogP contribution in [-0.4, -0.2) is 32.6 Å². The van der Waals surface area contributed by atoms with Crippen LogP contribution in [0.25, 0.3) is 22.5 Å². The van der Waals surface area contributed by atoms with Crippen LogP contribution in [0.3, 0.4) is 0 Å². The number of hydrogen-bond donors (Lipinski definition) is 2. The van der Waals surface area contributed by atoms with E-state index in [1.54, 1.807) is 24.3 Å². The van der Waals surface area contributed by atoms with E-state index >= 15 is 0 Å². The SMILES string of the molecule is O=C(O)c1nc(-c2cccc(-c3ccc(OC(F)(F)F)cc3)c2)n[nH]1. The van der Waals surface area contributed by atoms with Crippen molar-refractivity contribution in [2.45, 2.75) is 6.36 Å². The molecule has 0 radical (unpaired) electrons. The number of alkyl halides is 3. The average Bonchev–Trinajstić information content (AvgIpc) is 3.04. The molecule has 2 aromatic carbocycles. The van der Waals surface area contributed by atoms with Crippen LogP contribution in [0.4, 0.5) is 13.2 Å². The Kier molecular flexibility index (Phi) is 4.14. The highest BCUT2D eigenvalue weighted by atomic mass is 19.4. The molecule has 6 nitrogen and oxygen atoms in total. The second kappa shape index (κ2) is 6.27. The molecule has 0 fully saturated rings. The van der Waals surface area contributed by atoms with E-state index in [1.165, 1.54) is 24.3 Å². The van der Waals surface area contributed by atoms with E-state index < -0.39 is 12.3 Å². The summed E-state index contributed by atoms with van der Waals surface area (Å²) in [6, 6.07) is 12.3. The van der Waals surface area contributed by atoms with Crippen molar-refractivity contribution < 1.29 is 27.8 Å². The Hall–Kier alpha value is -3.36. The third-order valence-corrected chi connectivity index (χ3v) is 3.23. The van der Waals surface area contributed by atoms with E-state index in [-0.39, 0.29) is 17.4 Å². The van der Waals surface area contributed by atoms with Gasteiger partial charge >= 0.3 is 12.3 Å². The topological polar surface area (TPSA) is 88.1 Å². The number of carbonyl (C=O) groups is 1. The van der Waals surface area contributed by atoms with Crippen molar-refractivity contribution in [2.24, 2.45) is 0 Å². The molecular formula is C16H10F3N3O3. The molecular weight excluding hydrogens is 339 g/mol. The lowest BCUT2D eigenvalue weighted by atomic mass is 10.0. The van der Waals surface area contributed by atoms with Crippen molar-refractivity contribution in [1.29, 1.82) is 0 Å². The summed E-state index contributed by atoms with van der Waals surface area (Å²) in [5.41, 5.74) is 1.93. The monoisotopic (exact) mass is 349 g/mol. The molecule has 3 aromatic rings. The summed E-state index contributed by atoms with van der Waals surface area (Å²) in [6.07, 6.45) is -4.74. The number of benzene rings is 2. The summed E-state index contributed by atoms with van der Waals surface area (Å²) >= 11 is 0. The van der Waals surface area contributed by atoms with Crippen LogP contribution >= 0.6 is 0 Å². The van der Waals surface area contributed by atoms with Gasteiger partial charge in [0.2, 0.25) is 5.82 Å². The zero-order valence-corrected chi connectivity index (χ0v) is 12.4. The van der Waals surface area contributed by atoms with E-state index in [2.05, 4.69) is 19.9 Å². The fourth-order valence-electron chi connectivity index (χ4n) is 2.17. The number of aromatic nitrogens is 3. The molecule has 0 bridgehead atoms. The highest BCUT2D eigenvalue weighted by molar-refractivity contribution is 5.83. The lowest BCUT2D eigenvalue weighted by Crippen LogP contribution is -2.16. The Morgan fingerprint density at radius 2 is 1.72 bits per heavy atom. The number of carboxylic acid groups (broad SMARTS) is 1. The smallest absolute Gasteiger partial charge is 0.475 e. The van der Waals surface area contributed by atoms with Crippen molar-refractivity contribution in [3.8, 4) is 28.3 Å². The van der Waals surface area contributed by atoms with Gasteiger partial charge in [-0.15, -0.1) is 13.2 Å². The lowest BCUT2D eigenvalue weighted by Gasteiger charge is -2.09. The average molecular weight is 349 g/mol. The fourth-order valence-corrected chi connectivity index (χ4v) is 2.17. The Morgan fingerprint density at radius 1 is 1.04 bits per heavy atom. The number of hydrogen-bond acceptors (Lipinski definition) is 4. The second-order valence-electron chi connectivity index (χ2n) is 4.97. The highest BCUT2D eigenvalue weighted by Gasteiger charge is 2.30. The first-order valence-electron chi connectivity index (χ1n) is 6.94. The zero-order valence-electron chi connectivity index (χ0n) is 12.4. The van der Waals surface area contributed by atoms with Gasteiger partial charge in [-0.25, -0.2) is 9.78 Å². The van der Waals surface area contributed by atoms with Crippen LogP contribution < -0.4 is 4.74 Å². The molecule has 0 amide bonds. The standard InChI is InChI=1S/C16H10F3N3O3/c17-16(18,19)25-12-6-4-9(5-7-12)10-2-1-3-11(8-10)13-20-14(15(23)24)22-21-13/h1-8H,(H,23,24)(H,20,21,22). The maximum absolute atomic E-state index is 12.2. The number of H-pyrrole nitrogens is 1. The number of ether oxygens (including phenoxy) is 1. The van der Waals surface area contributed by atoms with Crippen LogP contribution in [0.15, 0.2) is 48.5 Å². The molecule has 0 aliphatic heterocycles. The minimum Gasteiger partial charge on any atom is -0.475 e. The molecule has 0 unspecified atom stereocenters. The highest BCUT2D eigenvalue weighted by Crippen LogP contribution is 2.28. The molecule has 0 spiro atoms. The Bertz CT molecular complexity index is 905. The van der Waals surface area contributed by atoms with Gasteiger partial charge in [-0.2, -0.15) is 5.10 Å². The van der Waals surface area contributed by atoms with Crippen LogP contribution in [0.1, 0.15) is 10.6 Å². The molecule has 0 atom stereocenters. The Balaban J connectivity index is 1.87. The number of rotatable bonds is 4. The zero-order chi connectivity index (χ0) is 18.0. The molecule has 3 rings (SSSR count). The summed E-state index contributed by atoms with van der Waals surface area (Å²) in [4.78, 5) is 14.7. The molecule has 128 valence electrons. The van der Waals surface area contributed by atoms with Gasteiger partial charge in [-0.05, 0) is 29.3 Å². The van der Waals surface area contributed by atoms with Gasteiger partial charge in [-0.1, -0.05) is 30.3 Å². The van der Waals surface area contributed by atoms with E-state index in [4.69, 9.17) is 5.11 Å². The number of halogens is 3. The predicted octanol–water partition coefficient (Wildman–Crippen LogP) is 3.74. The largest absolute Gasteiger partial charge is 0.573 e. The van der Waals surface area contributed by atoms with Gasteiger partial charge in [0.05, 0.1) is 0 Å². The van der Waals surface area contributed by atoms with Crippen LogP contribution in [0.5, 0.6) is 5.75 Å². The minimum absolute atomic E-state index is 0.205. The first kappa shape index (κ1) is 16.5. The van der Waals surface area contributed by atoms with Gasteiger partial charge in [0.1, 0.15) is 5.75 Å².